The highest BCUT2D eigenvalue weighted by Crippen LogP contribution is 2.15. The molecule has 0 aromatic heterocycles. The standard InChI is InChI=1S/C18H19BrFN3O4S/c1-23(28(26,27)16-8-4-14(20)5-9-16)12-18(25)21-11-10-17(24)22-15-6-2-13(19)3-7-15/h2-9H,10-12H2,1H3,(H,21,25)(H,22,24). The lowest BCUT2D eigenvalue weighted by Gasteiger charge is -2.17. The summed E-state index contributed by atoms with van der Waals surface area (Å²) in [5.74, 6) is -1.39. The maximum absolute atomic E-state index is 12.9. The summed E-state index contributed by atoms with van der Waals surface area (Å²) in [6.07, 6.45) is 0.0379. The van der Waals surface area contributed by atoms with Crippen LogP contribution in [-0.2, 0) is 19.6 Å². The number of carbonyl (C=O) groups is 2. The zero-order valence-corrected chi connectivity index (χ0v) is 17.4. The number of carbonyl (C=O) groups excluding carboxylic acids is 2. The molecule has 2 amide bonds. The van der Waals surface area contributed by atoms with E-state index in [1.807, 2.05) is 0 Å². The first-order valence-corrected chi connectivity index (χ1v) is 10.5. The molecule has 7 nitrogen and oxygen atoms in total. The van der Waals surface area contributed by atoms with Crippen LogP contribution in [0.1, 0.15) is 6.42 Å². The molecule has 0 fully saturated rings. The summed E-state index contributed by atoms with van der Waals surface area (Å²) in [6.45, 7) is -0.361. The highest BCUT2D eigenvalue weighted by molar-refractivity contribution is 9.10. The van der Waals surface area contributed by atoms with Crippen LogP contribution in [0.15, 0.2) is 57.9 Å². The number of anilines is 1. The molecule has 0 aliphatic carbocycles. The highest BCUT2D eigenvalue weighted by atomic mass is 79.9. The molecule has 150 valence electrons. The van der Waals surface area contributed by atoms with E-state index >= 15 is 0 Å². The molecule has 2 rings (SSSR count). The van der Waals surface area contributed by atoms with E-state index in [2.05, 4.69) is 26.6 Å². The van der Waals surface area contributed by atoms with Crippen molar-refractivity contribution in [2.75, 3.05) is 25.5 Å². The van der Waals surface area contributed by atoms with E-state index in [9.17, 15) is 22.4 Å². The quantitative estimate of drug-likeness (QED) is 0.617. The first-order chi connectivity index (χ1) is 13.2. The monoisotopic (exact) mass is 471 g/mol. The second-order valence-electron chi connectivity index (χ2n) is 5.87. The molecule has 2 aromatic rings. The van der Waals surface area contributed by atoms with Crippen LogP contribution in [0, 0.1) is 5.82 Å². The minimum Gasteiger partial charge on any atom is -0.354 e. The van der Waals surface area contributed by atoms with E-state index in [1.165, 1.54) is 7.05 Å². The Balaban J connectivity index is 1.79. The Labute approximate surface area is 171 Å². The second kappa shape index (κ2) is 9.76. The highest BCUT2D eigenvalue weighted by Gasteiger charge is 2.22. The molecule has 0 bridgehead atoms. The molecule has 0 spiro atoms. The lowest BCUT2D eigenvalue weighted by molar-refractivity contribution is -0.121. The van der Waals surface area contributed by atoms with Crippen molar-refractivity contribution in [1.82, 2.24) is 9.62 Å². The predicted molar refractivity (Wildman–Crippen MR) is 107 cm³/mol. The first-order valence-electron chi connectivity index (χ1n) is 8.22. The average molecular weight is 472 g/mol. The minimum atomic E-state index is -3.91. The van der Waals surface area contributed by atoms with E-state index in [0.717, 1.165) is 33.0 Å². The molecule has 0 unspecified atom stereocenters. The van der Waals surface area contributed by atoms with Gasteiger partial charge in [0, 0.05) is 30.2 Å². The van der Waals surface area contributed by atoms with Gasteiger partial charge in [0.25, 0.3) is 0 Å². The van der Waals surface area contributed by atoms with Crippen LogP contribution in [0.4, 0.5) is 10.1 Å². The summed E-state index contributed by atoms with van der Waals surface area (Å²) in [6, 6.07) is 11.4. The summed E-state index contributed by atoms with van der Waals surface area (Å²) in [4.78, 5) is 23.7. The summed E-state index contributed by atoms with van der Waals surface area (Å²) < 4.78 is 39.4. The van der Waals surface area contributed by atoms with Crippen molar-refractivity contribution in [3.63, 3.8) is 0 Å². The van der Waals surface area contributed by atoms with Gasteiger partial charge in [0.1, 0.15) is 5.82 Å². The minimum absolute atomic E-state index is 0.0379. The predicted octanol–water partition coefficient (Wildman–Crippen LogP) is 2.35. The van der Waals surface area contributed by atoms with Crippen LogP contribution in [0.3, 0.4) is 0 Å². The van der Waals surface area contributed by atoms with Crippen molar-refractivity contribution < 1.29 is 22.4 Å². The summed E-state index contributed by atoms with van der Waals surface area (Å²) >= 11 is 3.30. The molecule has 0 aliphatic heterocycles. The average Bonchev–Trinajstić information content (AvgIpc) is 2.64. The fraction of sp³-hybridized carbons (Fsp3) is 0.222. The molecule has 0 saturated carbocycles. The van der Waals surface area contributed by atoms with Gasteiger partial charge < -0.3 is 10.6 Å². The Morgan fingerprint density at radius 3 is 2.25 bits per heavy atom. The van der Waals surface area contributed by atoms with Crippen molar-refractivity contribution in [3.05, 3.63) is 58.8 Å². The van der Waals surface area contributed by atoms with Gasteiger partial charge in [0.2, 0.25) is 21.8 Å². The third-order valence-corrected chi connectivity index (χ3v) is 6.04. The number of hydrogen-bond acceptors (Lipinski definition) is 4. The van der Waals surface area contributed by atoms with E-state index in [-0.39, 0.29) is 23.8 Å². The van der Waals surface area contributed by atoms with Crippen LogP contribution >= 0.6 is 15.9 Å². The summed E-state index contributed by atoms with van der Waals surface area (Å²) in [7, 11) is -2.67. The fourth-order valence-electron chi connectivity index (χ4n) is 2.20. The Morgan fingerprint density at radius 1 is 1.04 bits per heavy atom. The van der Waals surface area contributed by atoms with Crippen LogP contribution < -0.4 is 10.6 Å². The van der Waals surface area contributed by atoms with E-state index in [0.29, 0.717) is 5.69 Å². The Hall–Kier alpha value is -2.30. The number of halogens is 2. The van der Waals surface area contributed by atoms with Gasteiger partial charge in [-0.25, -0.2) is 12.8 Å². The lowest BCUT2D eigenvalue weighted by Crippen LogP contribution is -2.39. The lowest BCUT2D eigenvalue weighted by atomic mass is 10.3. The van der Waals surface area contributed by atoms with Crippen molar-refractivity contribution in [3.8, 4) is 0 Å². The van der Waals surface area contributed by atoms with Crippen molar-refractivity contribution in [1.29, 1.82) is 0 Å². The number of hydrogen-bond donors (Lipinski definition) is 2. The molecule has 0 atom stereocenters. The molecule has 0 saturated heterocycles. The Bertz CT molecular complexity index is 934. The van der Waals surface area contributed by atoms with Crippen LogP contribution in [0.25, 0.3) is 0 Å². The summed E-state index contributed by atoms with van der Waals surface area (Å²) in [5.41, 5.74) is 0.629. The van der Waals surface area contributed by atoms with Gasteiger partial charge in [0.15, 0.2) is 0 Å². The van der Waals surface area contributed by atoms with Crippen LogP contribution in [-0.4, -0.2) is 44.7 Å². The molecule has 28 heavy (non-hydrogen) atoms. The molecule has 0 heterocycles. The molecule has 2 aromatic carbocycles. The number of likely N-dealkylation sites (N-methyl/N-ethyl adjacent to an activating group) is 1. The van der Waals surface area contributed by atoms with Crippen LogP contribution in [0.2, 0.25) is 0 Å². The zero-order chi connectivity index (χ0) is 20.7. The number of rotatable bonds is 8. The normalized spacial score (nSPS) is 11.3. The molecule has 10 heteroatoms. The Kier molecular flexibility index (Phi) is 7.67. The van der Waals surface area contributed by atoms with Gasteiger partial charge in [0.05, 0.1) is 11.4 Å². The van der Waals surface area contributed by atoms with E-state index in [1.54, 1.807) is 24.3 Å². The van der Waals surface area contributed by atoms with Crippen molar-refractivity contribution in [2.45, 2.75) is 11.3 Å². The number of benzene rings is 2. The van der Waals surface area contributed by atoms with Gasteiger partial charge in [-0.3, -0.25) is 9.59 Å². The largest absolute Gasteiger partial charge is 0.354 e. The van der Waals surface area contributed by atoms with E-state index in [4.69, 9.17) is 0 Å². The smallest absolute Gasteiger partial charge is 0.243 e. The van der Waals surface area contributed by atoms with Gasteiger partial charge in [-0.05, 0) is 48.5 Å². The van der Waals surface area contributed by atoms with Crippen molar-refractivity contribution >= 4 is 43.5 Å². The topological polar surface area (TPSA) is 95.6 Å². The van der Waals surface area contributed by atoms with Crippen molar-refractivity contribution in [2.24, 2.45) is 0 Å². The van der Waals surface area contributed by atoms with Gasteiger partial charge in [-0.15, -0.1) is 0 Å². The third kappa shape index (κ3) is 6.39. The molecule has 0 radical (unpaired) electrons. The maximum atomic E-state index is 12.9. The third-order valence-electron chi connectivity index (χ3n) is 3.69. The molecular formula is C18H19BrFN3O4S. The van der Waals surface area contributed by atoms with E-state index < -0.39 is 28.3 Å². The zero-order valence-electron chi connectivity index (χ0n) is 15.0. The van der Waals surface area contributed by atoms with Gasteiger partial charge in [-0.2, -0.15) is 4.31 Å². The number of nitrogens with one attached hydrogen (secondary N) is 2. The SMILES string of the molecule is CN(CC(=O)NCCC(=O)Nc1ccc(Br)cc1)S(=O)(=O)c1ccc(F)cc1. The summed E-state index contributed by atoms with van der Waals surface area (Å²) in [5, 5.41) is 5.18. The van der Waals surface area contributed by atoms with Crippen LogP contribution in [0.5, 0.6) is 0 Å². The molecule has 2 N–H and O–H groups in total. The number of amides is 2. The maximum Gasteiger partial charge on any atom is 0.243 e. The number of nitrogens with zero attached hydrogens (tertiary/aromatic N) is 1. The molecular weight excluding hydrogens is 453 g/mol. The first kappa shape index (κ1) is 22.0. The second-order valence-corrected chi connectivity index (χ2v) is 8.83. The van der Waals surface area contributed by atoms with Gasteiger partial charge in [-0.1, -0.05) is 15.9 Å². The Morgan fingerprint density at radius 2 is 1.64 bits per heavy atom. The fourth-order valence-corrected chi connectivity index (χ4v) is 3.59. The number of sulfonamides is 1. The molecule has 0 aliphatic rings. The van der Waals surface area contributed by atoms with Gasteiger partial charge >= 0.3 is 0 Å².